The average molecular weight is 237 g/mol. The maximum Gasteiger partial charge on any atom is 0.148 e. The lowest BCUT2D eigenvalue weighted by Crippen LogP contribution is -2.42. The second-order valence-electron chi connectivity index (χ2n) is 4.85. The van der Waals surface area contributed by atoms with Crippen molar-refractivity contribution < 1.29 is 4.39 Å². The van der Waals surface area contributed by atoms with Crippen molar-refractivity contribution in [1.29, 1.82) is 0 Å². The maximum absolute atomic E-state index is 13.4. The Kier molecular flexibility index (Phi) is 3.52. The van der Waals surface area contributed by atoms with Gasteiger partial charge in [-0.05, 0) is 51.2 Å². The molecule has 1 aliphatic rings. The fraction of sp³-hybridized carbons (Fsp3) is 0.538. The lowest BCUT2D eigenvalue weighted by Gasteiger charge is -2.36. The highest BCUT2D eigenvalue weighted by molar-refractivity contribution is 5.54. The summed E-state index contributed by atoms with van der Waals surface area (Å²) < 4.78 is 13.4. The van der Waals surface area contributed by atoms with Gasteiger partial charge in [-0.2, -0.15) is 0 Å². The van der Waals surface area contributed by atoms with Crippen molar-refractivity contribution in [3.05, 3.63) is 24.0 Å². The Labute approximate surface area is 102 Å². The summed E-state index contributed by atoms with van der Waals surface area (Å²) in [6.07, 6.45) is 2.25. The van der Waals surface area contributed by atoms with Crippen LogP contribution in [0.15, 0.2) is 18.2 Å². The number of hydrogen-bond donors (Lipinski definition) is 1. The molecule has 0 amide bonds. The van der Waals surface area contributed by atoms with Crippen LogP contribution in [0.2, 0.25) is 0 Å². The number of halogens is 1. The highest BCUT2D eigenvalue weighted by atomic mass is 19.1. The molecule has 94 valence electrons. The van der Waals surface area contributed by atoms with Crippen LogP contribution in [-0.2, 0) is 0 Å². The van der Waals surface area contributed by atoms with Crippen LogP contribution in [0.4, 0.5) is 15.8 Å². The van der Waals surface area contributed by atoms with Crippen molar-refractivity contribution in [1.82, 2.24) is 4.90 Å². The number of nitrogens with zero attached hydrogens (tertiary/aromatic N) is 2. The zero-order valence-electron chi connectivity index (χ0n) is 10.5. The van der Waals surface area contributed by atoms with Gasteiger partial charge in [0, 0.05) is 18.8 Å². The van der Waals surface area contributed by atoms with Gasteiger partial charge in [0.1, 0.15) is 5.82 Å². The fourth-order valence-corrected chi connectivity index (χ4v) is 2.33. The molecule has 2 N–H and O–H groups in total. The summed E-state index contributed by atoms with van der Waals surface area (Å²) in [6.45, 7) is 2.21. The molecule has 17 heavy (non-hydrogen) atoms. The van der Waals surface area contributed by atoms with Crippen LogP contribution in [-0.4, -0.2) is 38.1 Å². The first-order chi connectivity index (χ1) is 8.08. The molecular formula is C13H20FN3. The van der Waals surface area contributed by atoms with Gasteiger partial charge in [0.2, 0.25) is 0 Å². The summed E-state index contributed by atoms with van der Waals surface area (Å²) in [5, 5.41) is 0. The topological polar surface area (TPSA) is 32.5 Å². The van der Waals surface area contributed by atoms with E-state index < -0.39 is 0 Å². The van der Waals surface area contributed by atoms with Gasteiger partial charge < -0.3 is 15.5 Å². The van der Waals surface area contributed by atoms with Crippen LogP contribution in [0, 0.1) is 5.82 Å². The molecule has 4 heteroatoms. The van der Waals surface area contributed by atoms with Gasteiger partial charge in [-0.1, -0.05) is 0 Å². The molecule has 3 nitrogen and oxygen atoms in total. The number of nitrogen functional groups attached to an aromatic ring is 1. The minimum atomic E-state index is -0.331. The van der Waals surface area contributed by atoms with Crippen molar-refractivity contribution in [3.63, 3.8) is 0 Å². The molecule has 1 aliphatic heterocycles. The van der Waals surface area contributed by atoms with E-state index in [1.807, 2.05) is 13.1 Å². The van der Waals surface area contributed by atoms with E-state index in [0.717, 1.165) is 31.6 Å². The third-order valence-electron chi connectivity index (χ3n) is 3.63. The van der Waals surface area contributed by atoms with E-state index in [-0.39, 0.29) is 11.5 Å². The van der Waals surface area contributed by atoms with Gasteiger partial charge >= 0.3 is 0 Å². The zero-order chi connectivity index (χ0) is 12.4. The molecular weight excluding hydrogens is 217 g/mol. The summed E-state index contributed by atoms with van der Waals surface area (Å²) in [4.78, 5) is 4.49. The molecule has 0 radical (unpaired) electrons. The third-order valence-corrected chi connectivity index (χ3v) is 3.63. The van der Waals surface area contributed by atoms with E-state index in [1.165, 1.54) is 6.07 Å². The van der Waals surface area contributed by atoms with Crippen molar-refractivity contribution in [2.75, 3.05) is 37.8 Å². The van der Waals surface area contributed by atoms with Crippen LogP contribution in [0.5, 0.6) is 0 Å². The zero-order valence-corrected chi connectivity index (χ0v) is 10.5. The second-order valence-corrected chi connectivity index (χ2v) is 4.85. The van der Waals surface area contributed by atoms with Gasteiger partial charge in [-0.25, -0.2) is 4.39 Å². The summed E-state index contributed by atoms with van der Waals surface area (Å²) >= 11 is 0. The lowest BCUT2D eigenvalue weighted by molar-refractivity contribution is 0.253. The minimum absolute atomic E-state index is 0.213. The van der Waals surface area contributed by atoms with Crippen molar-refractivity contribution >= 4 is 11.4 Å². The van der Waals surface area contributed by atoms with Gasteiger partial charge in [0.05, 0.1) is 5.69 Å². The first-order valence-electron chi connectivity index (χ1n) is 6.04. The van der Waals surface area contributed by atoms with E-state index in [4.69, 9.17) is 5.73 Å². The molecule has 0 atom stereocenters. The first kappa shape index (κ1) is 12.2. The predicted molar refractivity (Wildman–Crippen MR) is 69.7 cm³/mol. The summed E-state index contributed by atoms with van der Waals surface area (Å²) in [6, 6.07) is 5.54. The van der Waals surface area contributed by atoms with E-state index in [2.05, 4.69) is 16.8 Å². The molecule has 0 saturated carbocycles. The van der Waals surface area contributed by atoms with Gasteiger partial charge in [0.25, 0.3) is 0 Å². The predicted octanol–water partition coefficient (Wildman–Crippen LogP) is 1.94. The first-order valence-corrected chi connectivity index (χ1v) is 6.04. The minimum Gasteiger partial charge on any atom is -0.396 e. The molecule has 1 saturated heterocycles. The van der Waals surface area contributed by atoms with E-state index in [1.54, 1.807) is 6.07 Å². The molecule has 0 spiro atoms. The Morgan fingerprint density at radius 1 is 1.35 bits per heavy atom. The molecule has 0 aromatic heterocycles. The molecule has 1 aromatic rings. The quantitative estimate of drug-likeness (QED) is 0.798. The molecule has 2 rings (SSSR count). The van der Waals surface area contributed by atoms with Gasteiger partial charge in [-0.3, -0.25) is 0 Å². The Hall–Kier alpha value is -1.29. The number of nitrogens with two attached hydrogens (primary N) is 1. The summed E-state index contributed by atoms with van der Waals surface area (Å²) in [7, 11) is 4.17. The van der Waals surface area contributed by atoms with Crippen LogP contribution >= 0.6 is 0 Å². The standard InChI is InChI=1S/C13H20FN3/c1-16-7-5-10(6-8-16)17(2)11-3-4-13(15)12(14)9-11/h3-4,9-10H,5-8,15H2,1-2H3. The molecule has 1 heterocycles. The van der Waals surface area contributed by atoms with Crippen molar-refractivity contribution in [3.8, 4) is 0 Å². The van der Waals surface area contributed by atoms with Crippen LogP contribution in [0.3, 0.4) is 0 Å². The molecule has 0 bridgehead atoms. The Balaban J connectivity index is 2.08. The highest BCUT2D eigenvalue weighted by Gasteiger charge is 2.21. The normalized spacial score (nSPS) is 18.3. The molecule has 0 unspecified atom stereocenters. The van der Waals surface area contributed by atoms with Crippen LogP contribution in [0.25, 0.3) is 0 Å². The smallest absolute Gasteiger partial charge is 0.148 e. The summed E-state index contributed by atoms with van der Waals surface area (Å²) in [5.74, 6) is -0.331. The Morgan fingerprint density at radius 2 is 2.00 bits per heavy atom. The van der Waals surface area contributed by atoms with Crippen LogP contribution in [0.1, 0.15) is 12.8 Å². The number of hydrogen-bond acceptors (Lipinski definition) is 3. The average Bonchev–Trinajstić information content (AvgIpc) is 2.33. The fourth-order valence-electron chi connectivity index (χ4n) is 2.33. The summed E-state index contributed by atoms with van der Waals surface area (Å²) in [5.41, 5.74) is 6.61. The number of rotatable bonds is 2. The van der Waals surface area contributed by atoms with E-state index >= 15 is 0 Å². The van der Waals surface area contributed by atoms with Gasteiger partial charge in [-0.15, -0.1) is 0 Å². The number of likely N-dealkylation sites (tertiary alicyclic amines) is 1. The van der Waals surface area contributed by atoms with E-state index in [9.17, 15) is 4.39 Å². The molecule has 0 aliphatic carbocycles. The molecule has 1 fully saturated rings. The van der Waals surface area contributed by atoms with Crippen molar-refractivity contribution in [2.24, 2.45) is 0 Å². The number of anilines is 2. The second kappa shape index (κ2) is 4.92. The largest absolute Gasteiger partial charge is 0.396 e. The van der Waals surface area contributed by atoms with Crippen LogP contribution < -0.4 is 10.6 Å². The Morgan fingerprint density at radius 3 is 2.59 bits per heavy atom. The SMILES string of the molecule is CN1CCC(N(C)c2ccc(N)c(F)c2)CC1. The highest BCUT2D eigenvalue weighted by Crippen LogP contribution is 2.24. The van der Waals surface area contributed by atoms with Gasteiger partial charge in [0.15, 0.2) is 0 Å². The number of piperidine rings is 1. The van der Waals surface area contributed by atoms with E-state index in [0.29, 0.717) is 6.04 Å². The third kappa shape index (κ3) is 2.69. The maximum atomic E-state index is 13.4. The van der Waals surface area contributed by atoms with Crippen molar-refractivity contribution in [2.45, 2.75) is 18.9 Å². The molecule has 1 aromatic carbocycles. The lowest BCUT2D eigenvalue weighted by atomic mass is 10.0. The monoisotopic (exact) mass is 237 g/mol. The number of benzene rings is 1. The Bertz CT molecular complexity index is 386.